The molecule has 0 saturated heterocycles. The third-order valence-corrected chi connectivity index (χ3v) is 4.41. The van der Waals surface area contributed by atoms with Gasteiger partial charge in [-0.1, -0.05) is 63.6 Å². The summed E-state index contributed by atoms with van der Waals surface area (Å²) in [6.07, 6.45) is 8.85. The van der Waals surface area contributed by atoms with Crippen LogP contribution < -0.4 is 5.32 Å². The van der Waals surface area contributed by atoms with E-state index in [9.17, 15) is 0 Å². The van der Waals surface area contributed by atoms with Crippen molar-refractivity contribution < 1.29 is 0 Å². The Morgan fingerprint density at radius 2 is 1.81 bits per heavy atom. The van der Waals surface area contributed by atoms with Gasteiger partial charge in [0.15, 0.2) is 0 Å². The third kappa shape index (κ3) is 4.44. The first kappa shape index (κ1) is 16.3. The Morgan fingerprint density at radius 3 is 2.33 bits per heavy atom. The molecule has 1 aromatic rings. The van der Waals surface area contributed by atoms with Crippen LogP contribution in [0.5, 0.6) is 0 Å². The maximum Gasteiger partial charge on any atom is 0.0536 e. The average molecular weight is 285 g/mol. The maximum absolute atomic E-state index is 3.75. The highest BCUT2D eigenvalue weighted by Crippen LogP contribution is 2.31. The smallest absolute Gasteiger partial charge is 0.0536 e. The molecule has 0 aliphatic heterocycles. The number of hydrogen-bond acceptors (Lipinski definition) is 1. The number of rotatable bonds is 5. The van der Waals surface area contributed by atoms with Crippen LogP contribution in [0.25, 0.3) is 0 Å². The van der Waals surface area contributed by atoms with Gasteiger partial charge in [0, 0.05) is 0 Å². The van der Waals surface area contributed by atoms with Crippen LogP contribution in [0.15, 0.2) is 35.9 Å². The van der Waals surface area contributed by atoms with Gasteiger partial charge in [-0.25, -0.2) is 0 Å². The summed E-state index contributed by atoms with van der Waals surface area (Å²) in [6.45, 7) is 10.2. The lowest BCUT2D eigenvalue weighted by Crippen LogP contribution is -2.25. The van der Waals surface area contributed by atoms with E-state index >= 15 is 0 Å². The van der Waals surface area contributed by atoms with Gasteiger partial charge in [-0.15, -0.1) is 0 Å². The lowest BCUT2D eigenvalue weighted by atomic mass is 9.84. The molecule has 0 fully saturated rings. The molecule has 21 heavy (non-hydrogen) atoms. The number of allylic oxidation sites excluding steroid dienone is 1. The molecule has 0 heterocycles. The summed E-state index contributed by atoms with van der Waals surface area (Å²) in [5.74, 6) is 0. The molecule has 1 nitrogen and oxygen atoms in total. The van der Waals surface area contributed by atoms with Gasteiger partial charge in [-0.2, -0.15) is 0 Å². The van der Waals surface area contributed by atoms with Gasteiger partial charge >= 0.3 is 0 Å². The predicted octanol–water partition coefficient (Wildman–Crippen LogP) is 5.53. The summed E-state index contributed by atoms with van der Waals surface area (Å²) >= 11 is 0. The van der Waals surface area contributed by atoms with Gasteiger partial charge < -0.3 is 5.32 Å². The van der Waals surface area contributed by atoms with E-state index in [-0.39, 0.29) is 5.41 Å². The Balaban J connectivity index is 2.21. The molecule has 1 aromatic carbocycles. The van der Waals surface area contributed by atoms with E-state index in [1.54, 1.807) is 5.57 Å². The standard InChI is InChI=1S/C20H31N/c1-5-15-21-19(16-9-7-6-8-10-16)17-11-13-18(14-12-17)20(2,3)4/h9,11-14,19,21H,5-8,10,15H2,1-4H3. The fraction of sp³-hybridized carbons (Fsp3) is 0.600. The minimum atomic E-state index is 0.231. The molecule has 0 saturated carbocycles. The van der Waals surface area contributed by atoms with Crippen molar-refractivity contribution in [3.8, 4) is 0 Å². The molecule has 1 aliphatic rings. The largest absolute Gasteiger partial charge is 0.307 e. The van der Waals surface area contributed by atoms with Crippen molar-refractivity contribution in [2.24, 2.45) is 0 Å². The number of hydrogen-bond donors (Lipinski definition) is 1. The van der Waals surface area contributed by atoms with Crippen molar-refractivity contribution in [2.75, 3.05) is 6.54 Å². The van der Waals surface area contributed by atoms with Crippen molar-refractivity contribution in [2.45, 2.75) is 71.3 Å². The monoisotopic (exact) mass is 285 g/mol. The highest BCUT2D eigenvalue weighted by molar-refractivity contribution is 5.34. The fourth-order valence-electron chi connectivity index (χ4n) is 3.05. The summed E-state index contributed by atoms with van der Waals surface area (Å²) in [7, 11) is 0. The fourth-order valence-corrected chi connectivity index (χ4v) is 3.05. The van der Waals surface area contributed by atoms with E-state index < -0.39 is 0 Å². The lowest BCUT2D eigenvalue weighted by molar-refractivity contribution is 0.545. The first-order chi connectivity index (χ1) is 10.0. The van der Waals surface area contributed by atoms with E-state index in [0.717, 1.165) is 6.54 Å². The second kappa shape index (κ2) is 7.26. The lowest BCUT2D eigenvalue weighted by Gasteiger charge is -2.26. The molecule has 0 aromatic heterocycles. The van der Waals surface area contributed by atoms with Gasteiger partial charge in [0.1, 0.15) is 0 Å². The van der Waals surface area contributed by atoms with Gasteiger partial charge in [0.2, 0.25) is 0 Å². The van der Waals surface area contributed by atoms with Gasteiger partial charge in [-0.05, 0) is 55.2 Å². The van der Waals surface area contributed by atoms with E-state index in [2.05, 4.69) is 63.4 Å². The molecule has 1 unspecified atom stereocenters. The van der Waals surface area contributed by atoms with Crippen LogP contribution in [0.3, 0.4) is 0 Å². The van der Waals surface area contributed by atoms with Crippen LogP contribution in [-0.4, -0.2) is 6.54 Å². The summed E-state index contributed by atoms with van der Waals surface area (Å²) < 4.78 is 0. The topological polar surface area (TPSA) is 12.0 Å². The summed E-state index contributed by atoms with van der Waals surface area (Å²) in [4.78, 5) is 0. The third-order valence-electron chi connectivity index (χ3n) is 4.41. The maximum atomic E-state index is 3.75. The Hall–Kier alpha value is -1.08. The number of benzene rings is 1. The van der Waals surface area contributed by atoms with Crippen LogP contribution >= 0.6 is 0 Å². The normalized spacial score (nSPS) is 17.4. The van der Waals surface area contributed by atoms with E-state index in [0.29, 0.717) is 6.04 Å². The first-order valence-electron chi connectivity index (χ1n) is 8.55. The van der Waals surface area contributed by atoms with Crippen molar-refractivity contribution in [3.63, 3.8) is 0 Å². The zero-order valence-corrected chi connectivity index (χ0v) is 14.2. The molecule has 2 rings (SSSR count). The summed E-state index contributed by atoms with van der Waals surface area (Å²) in [5.41, 5.74) is 4.66. The molecule has 116 valence electrons. The molecular weight excluding hydrogens is 254 g/mol. The van der Waals surface area contributed by atoms with Crippen molar-refractivity contribution in [1.82, 2.24) is 5.32 Å². The highest BCUT2D eigenvalue weighted by atomic mass is 14.9. The minimum absolute atomic E-state index is 0.231. The van der Waals surface area contributed by atoms with Crippen LogP contribution in [0.1, 0.15) is 77.0 Å². The second-order valence-corrected chi connectivity index (χ2v) is 7.28. The molecule has 1 N–H and O–H groups in total. The van der Waals surface area contributed by atoms with Gasteiger partial charge in [0.25, 0.3) is 0 Å². The molecular formula is C20H31N. The van der Waals surface area contributed by atoms with Crippen LogP contribution in [0, 0.1) is 0 Å². The molecule has 0 spiro atoms. The highest BCUT2D eigenvalue weighted by Gasteiger charge is 2.19. The molecule has 0 radical (unpaired) electrons. The van der Waals surface area contributed by atoms with Gasteiger partial charge in [0.05, 0.1) is 6.04 Å². The van der Waals surface area contributed by atoms with E-state index in [1.165, 1.54) is 43.2 Å². The van der Waals surface area contributed by atoms with Crippen LogP contribution in [-0.2, 0) is 5.41 Å². The van der Waals surface area contributed by atoms with E-state index in [4.69, 9.17) is 0 Å². The van der Waals surface area contributed by atoms with Gasteiger partial charge in [-0.3, -0.25) is 0 Å². The SMILES string of the molecule is CCCNC(C1=CCCCC1)c1ccc(C(C)(C)C)cc1. The first-order valence-corrected chi connectivity index (χ1v) is 8.55. The average Bonchev–Trinajstić information content (AvgIpc) is 2.48. The Morgan fingerprint density at radius 1 is 1.10 bits per heavy atom. The molecule has 1 atom stereocenters. The Labute approximate surface area is 130 Å². The van der Waals surface area contributed by atoms with Crippen LogP contribution in [0.2, 0.25) is 0 Å². The predicted molar refractivity (Wildman–Crippen MR) is 92.7 cm³/mol. The number of nitrogens with one attached hydrogen (secondary N) is 1. The minimum Gasteiger partial charge on any atom is -0.307 e. The molecule has 0 bridgehead atoms. The zero-order valence-electron chi connectivity index (χ0n) is 14.2. The quantitative estimate of drug-likeness (QED) is 0.702. The Bertz CT molecular complexity index is 462. The van der Waals surface area contributed by atoms with Crippen molar-refractivity contribution in [3.05, 3.63) is 47.0 Å². The zero-order chi connectivity index (χ0) is 15.3. The molecule has 1 aliphatic carbocycles. The second-order valence-electron chi connectivity index (χ2n) is 7.28. The van der Waals surface area contributed by atoms with Crippen LogP contribution in [0.4, 0.5) is 0 Å². The molecule has 0 amide bonds. The van der Waals surface area contributed by atoms with Crippen molar-refractivity contribution >= 4 is 0 Å². The Kier molecular flexibility index (Phi) is 5.64. The summed E-state index contributed by atoms with van der Waals surface area (Å²) in [5, 5.41) is 3.75. The van der Waals surface area contributed by atoms with E-state index in [1.807, 2.05) is 0 Å². The summed E-state index contributed by atoms with van der Waals surface area (Å²) in [6, 6.07) is 9.67. The van der Waals surface area contributed by atoms with Crippen molar-refractivity contribution in [1.29, 1.82) is 0 Å². The molecule has 1 heteroatoms.